The molecule has 0 bridgehead atoms. The van der Waals surface area contributed by atoms with Crippen LogP contribution in [0.3, 0.4) is 0 Å². The molecule has 4 rings (SSSR count). The van der Waals surface area contributed by atoms with Crippen molar-refractivity contribution in [3.63, 3.8) is 0 Å². The third-order valence-electron chi connectivity index (χ3n) is 6.25. The quantitative estimate of drug-likeness (QED) is 0.0704. The maximum Gasteiger partial charge on any atom is 0.422 e. The molecule has 0 unspecified atom stereocenters. The Labute approximate surface area is 266 Å². The number of halogens is 7. The van der Waals surface area contributed by atoms with Crippen LogP contribution in [0.25, 0.3) is 6.08 Å². The summed E-state index contributed by atoms with van der Waals surface area (Å²) in [5.41, 5.74) is -3.38. The van der Waals surface area contributed by atoms with Gasteiger partial charge in [0.2, 0.25) is 5.91 Å². The number of thioether (sulfide) groups is 1. The van der Waals surface area contributed by atoms with Gasteiger partial charge < -0.3 is 20.7 Å². The van der Waals surface area contributed by atoms with Crippen LogP contribution >= 0.6 is 11.8 Å². The van der Waals surface area contributed by atoms with Crippen molar-refractivity contribution in [3.05, 3.63) is 125 Å². The summed E-state index contributed by atoms with van der Waals surface area (Å²) >= 11 is 0.804. The van der Waals surface area contributed by atoms with Crippen molar-refractivity contribution < 1.29 is 49.9 Å². The Morgan fingerprint density at radius 2 is 1.38 bits per heavy atom. The topological polar surface area (TPSA) is 96.5 Å². The maximum atomic E-state index is 14.1. The van der Waals surface area contributed by atoms with Gasteiger partial charge in [-0.05, 0) is 60.2 Å². The lowest BCUT2D eigenvalue weighted by atomic mass is 10.1. The third kappa shape index (κ3) is 8.70. The number of rotatable bonds is 10. The smallest absolute Gasteiger partial charge is 0.422 e. The van der Waals surface area contributed by atoms with Crippen molar-refractivity contribution >= 4 is 46.9 Å². The van der Waals surface area contributed by atoms with E-state index in [0.29, 0.717) is 21.8 Å². The molecule has 244 valence electrons. The van der Waals surface area contributed by atoms with E-state index in [2.05, 4.69) is 10.6 Å². The van der Waals surface area contributed by atoms with Gasteiger partial charge in [-0.1, -0.05) is 30.3 Å². The molecule has 47 heavy (non-hydrogen) atoms. The van der Waals surface area contributed by atoms with Crippen LogP contribution in [0.4, 0.5) is 42.1 Å². The Morgan fingerprint density at radius 1 is 0.787 bits per heavy atom. The number of amides is 3. The molecule has 0 atom stereocenters. The molecule has 4 aromatic rings. The van der Waals surface area contributed by atoms with Crippen molar-refractivity contribution in [3.8, 4) is 5.75 Å². The van der Waals surface area contributed by atoms with Gasteiger partial charge in [0.15, 0.2) is 23.3 Å². The summed E-state index contributed by atoms with van der Waals surface area (Å²) in [4.78, 5) is 38.6. The van der Waals surface area contributed by atoms with Gasteiger partial charge in [-0.25, -0.2) is 17.6 Å². The van der Waals surface area contributed by atoms with Crippen molar-refractivity contribution in [1.29, 1.82) is 0 Å². The molecule has 0 aliphatic rings. The van der Waals surface area contributed by atoms with Gasteiger partial charge in [-0.15, -0.1) is 11.8 Å². The molecular formula is C32H22F7N3O4S. The number of carbonyl (C=O) groups excluding carboxylic acids is 3. The highest BCUT2D eigenvalue weighted by atomic mass is 32.2. The minimum absolute atomic E-state index is 0.0882. The van der Waals surface area contributed by atoms with Crippen molar-refractivity contribution in [2.24, 2.45) is 0 Å². The van der Waals surface area contributed by atoms with E-state index in [-0.39, 0.29) is 11.4 Å². The number of benzene rings is 4. The Balaban J connectivity index is 1.43. The summed E-state index contributed by atoms with van der Waals surface area (Å²) < 4.78 is 99.4. The van der Waals surface area contributed by atoms with Gasteiger partial charge in [0, 0.05) is 16.1 Å². The minimum Gasteiger partial charge on any atom is -0.497 e. The summed E-state index contributed by atoms with van der Waals surface area (Å²) in [6.45, 7) is 0. The van der Waals surface area contributed by atoms with Gasteiger partial charge in [0.1, 0.15) is 22.7 Å². The van der Waals surface area contributed by atoms with E-state index in [1.807, 2.05) is 0 Å². The first-order valence-electron chi connectivity index (χ1n) is 13.3. The average Bonchev–Trinajstić information content (AvgIpc) is 3.05. The van der Waals surface area contributed by atoms with E-state index >= 15 is 0 Å². The SMILES string of the molecule is COc1ccc(/C=C(\NC(=O)c2ccccc2)C(=O)Nc2ccc(SCC(=O)Nc3c(F)c(F)c(C(F)(F)F)c(F)c3F)cc2)cc1. The molecular weight excluding hydrogens is 655 g/mol. The van der Waals surface area contributed by atoms with Crippen LogP contribution in [0, 0.1) is 23.3 Å². The van der Waals surface area contributed by atoms with E-state index in [4.69, 9.17) is 4.74 Å². The summed E-state index contributed by atoms with van der Waals surface area (Å²) in [6.07, 6.45) is -4.26. The monoisotopic (exact) mass is 677 g/mol. The first kappa shape index (κ1) is 34.6. The predicted molar refractivity (Wildman–Crippen MR) is 161 cm³/mol. The lowest BCUT2D eigenvalue weighted by Gasteiger charge is -2.14. The van der Waals surface area contributed by atoms with Crippen molar-refractivity contribution in [2.75, 3.05) is 23.5 Å². The molecule has 0 spiro atoms. The fourth-order valence-corrected chi connectivity index (χ4v) is 4.66. The van der Waals surface area contributed by atoms with Crippen LogP contribution in [0.2, 0.25) is 0 Å². The molecule has 4 aromatic carbocycles. The second-order valence-electron chi connectivity index (χ2n) is 9.47. The number of hydrogen-bond acceptors (Lipinski definition) is 5. The van der Waals surface area contributed by atoms with Crippen LogP contribution < -0.4 is 20.7 Å². The highest BCUT2D eigenvalue weighted by Gasteiger charge is 2.42. The molecule has 0 saturated heterocycles. The first-order valence-corrected chi connectivity index (χ1v) is 14.3. The summed E-state index contributed by atoms with van der Waals surface area (Å²) in [5, 5.41) is 6.78. The number of hydrogen-bond donors (Lipinski definition) is 3. The Bertz CT molecular complexity index is 1790. The lowest BCUT2D eigenvalue weighted by molar-refractivity contribution is -0.143. The van der Waals surface area contributed by atoms with Crippen LogP contribution in [0.5, 0.6) is 5.75 Å². The molecule has 0 aliphatic carbocycles. The zero-order valence-corrected chi connectivity index (χ0v) is 24.8. The van der Waals surface area contributed by atoms with Gasteiger partial charge in [-0.2, -0.15) is 13.2 Å². The number of nitrogens with one attached hydrogen (secondary N) is 3. The van der Waals surface area contributed by atoms with Gasteiger partial charge in [-0.3, -0.25) is 14.4 Å². The number of alkyl halides is 3. The van der Waals surface area contributed by atoms with Gasteiger partial charge >= 0.3 is 6.18 Å². The predicted octanol–water partition coefficient (Wildman–Crippen LogP) is 7.41. The fourth-order valence-electron chi connectivity index (χ4n) is 3.96. The molecule has 0 aliphatic heterocycles. The summed E-state index contributed by atoms with van der Waals surface area (Å²) in [7, 11) is 1.50. The summed E-state index contributed by atoms with van der Waals surface area (Å²) in [6, 6.07) is 20.7. The van der Waals surface area contributed by atoms with Crippen LogP contribution in [0.1, 0.15) is 21.5 Å². The zero-order chi connectivity index (χ0) is 34.3. The van der Waals surface area contributed by atoms with E-state index in [0.717, 1.165) is 11.8 Å². The molecule has 0 saturated carbocycles. The zero-order valence-electron chi connectivity index (χ0n) is 24.0. The number of carbonyl (C=O) groups is 3. The van der Waals surface area contributed by atoms with Gasteiger partial charge in [0.05, 0.1) is 12.9 Å². The van der Waals surface area contributed by atoms with Crippen LogP contribution in [-0.4, -0.2) is 30.6 Å². The van der Waals surface area contributed by atoms with E-state index in [1.54, 1.807) is 59.9 Å². The molecule has 7 nitrogen and oxygen atoms in total. The lowest BCUT2D eigenvalue weighted by Crippen LogP contribution is -2.30. The maximum absolute atomic E-state index is 14.1. The Morgan fingerprint density at radius 3 is 1.94 bits per heavy atom. The molecule has 15 heteroatoms. The summed E-state index contributed by atoms with van der Waals surface area (Å²) in [5.74, 6) is -12.6. The second kappa shape index (κ2) is 14.9. The van der Waals surface area contributed by atoms with Crippen molar-refractivity contribution in [1.82, 2.24) is 5.32 Å². The van der Waals surface area contributed by atoms with Crippen LogP contribution in [0.15, 0.2) is 89.5 Å². The average molecular weight is 678 g/mol. The molecule has 0 aromatic heterocycles. The molecule has 0 fully saturated rings. The minimum atomic E-state index is -5.72. The Kier molecular flexibility index (Phi) is 10.9. The normalized spacial score (nSPS) is 11.5. The van der Waals surface area contributed by atoms with Crippen molar-refractivity contribution in [2.45, 2.75) is 11.1 Å². The standard InChI is InChI=1S/C32H22F7N3O4S/c1-46-20-11-7-17(8-12-20)15-22(41-30(44)18-5-3-2-4-6-18)31(45)40-19-9-13-21(14-10-19)47-16-23(43)42-29-27(35)25(33)24(32(37,38)39)26(34)28(29)36/h2-15H,16H2,1H3,(H,40,45)(H,41,44)(H,42,43)/b22-15-. The van der Waals surface area contributed by atoms with E-state index in [1.165, 1.54) is 37.5 Å². The molecule has 0 radical (unpaired) electrons. The highest BCUT2D eigenvalue weighted by molar-refractivity contribution is 8.00. The number of ether oxygens (including phenoxy) is 1. The first-order chi connectivity index (χ1) is 22.3. The highest BCUT2D eigenvalue weighted by Crippen LogP contribution is 2.38. The van der Waals surface area contributed by atoms with Crippen LogP contribution in [-0.2, 0) is 15.8 Å². The second-order valence-corrected chi connectivity index (χ2v) is 10.5. The Hall–Kier alpha value is -5.31. The van der Waals surface area contributed by atoms with E-state index < -0.39 is 64.2 Å². The number of methoxy groups -OCH3 is 1. The van der Waals surface area contributed by atoms with E-state index in [9.17, 15) is 45.1 Å². The molecule has 0 heterocycles. The largest absolute Gasteiger partial charge is 0.497 e. The number of anilines is 2. The van der Waals surface area contributed by atoms with Gasteiger partial charge in [0.25, 0.3) is 11.8 Å². The fraction of sp³-hybridized carbons (Fsp3) is 0.0938. The molecule has 3 amide bonds. The molecule has 3 N–H and O–H groups in total. The third-order valence-corrected chi connectivity index (χ3v) is 7.26.